The lowest BCUT2D eigenvalue weighted by Crippen LogP contribution is -2.45. The molecule has 0 amide bonds. The van der Waals surface area contributed by atoms with Crippen molar-refractivity contribution in [2.24, 2.45) is 0 Å². The van der Waals surface area contributed by atoms with E-state index in [0.29, 0.717) is 26.2 Å². The van der Waals surface area contributed by atoms with Crippen LogP contribution in [0.2, 0.25) is 0 Å². The maximum Gasteiger partial charge on any atom is 0.342 e. The van der Waals surface area contributed by atoms with Gasteiger partial charge in [-0.2, -0.15) is 0 Å². The molecule has 11 heteroatoms. The van der Waals surface area contributed by atoms with Gasteiger partial charge in [0, 0.05) is 26.2 Å². The number of carboxylic acid groups (broad SMARTS) is 1. The summed E-state index contributed by atoms with van der Waals surface area (Å²) in [4.78, 5) is 28.2. The second kappa shape index (κ2) is 7.77. The van der Waals surface area contributed by atoms with Crippen LogP contribution in [-0.2, 0) is 0 Å². The maximum absolute atomic E-state index is 15.9. The first-order valence-corrected chi connectivity index (χ1v) is 11.0. The largest absolute Gasteiger partial charge is 0.477 e. The molecule has 2 aliphatic heterocycles. The van der Waals surface area contributed by atoms with Gasteiger partial charge in [-0.1, -0.05) is 17.8 Å². The molecular formula is C22H17F4N3O3S. The van der Waals surface area contributed by atoms with Crippen LogP contribution < -0.4 is 10.3 Å². The minimum Gasteiger partial charge on any atom is -0.477 e. The van der Waals surface area contributed by atoms with Gasteiger partial charge in [0.1, 0.15) is 22.4 Å². The summed E-state index contributed by atoms with van der Waals surface area (Å²) in [5.74, 6) is -5.67. The van der Waals surface area contributed by atoms with E-state index in [1.165, 1.54) is 10.6 Å². The molecule has 3 aromatic rings. The molecular weight excluding hydrogens is 462 g/mol. The molecule has 0 radical (unpaired) electrons. The van der Waals surface area contributed by atoms with Crippen LogP contribution in [-0.4, -0.2) is 53.8 Å². The van der Waals surface area contributed by atoms with Crippen molar-refractivity contribution in [3.8, 4) is 0 Å². The van der Waals surface area contributed by atoms with Crippen molar-refractivity contribution in [3.63, 3.8) is 0 Å². The van der Waals surface area contributed by atoms with E-state index >= 15 is 8.78 Å². The fraction of sp³-hybridized carbons (Fsp3) is 0.273. The molecule has 33 heavy (non-hydrogen) atoms. The van der Waals surface area contributed by atoms with Gasteiger partial charge >= 0.3 is 5.97 Å². The zero-order valence-corrected chi connectivity index (χ0v) is 18.1. The molecule has 5 rings (SSSR count). The fourth-order valence-corrected chi connectivity index (χ4v) is 5.56. The molecule has 0 bridgehead atoms. The molecule has 1 aromatic heterocycles. The number of carboxylic acids is 1. The van der Waals surface area contributed by atoms with Gasteiger partial charge < -0.3 is 19.5 Å². The highest BCUT2D eigenvalue weighted by Crippen LogP contribution is 2.51. The number of carbonyl (C=O) groups is 1. The summed E-state index contributed by atoms with van der Waals surface area (Å²) in [6.45, 7) is 1.89. The Bertz CT molecular complexity index is 1390. The number of rotatable bonds is 3. The Labute approximate surface area is 189 Å². The highest BCUT2D eigenvalue weighted by atomic mass is 32.2. The Morgan fingerprint density at radius 3 is 2.36 bits per heavy atom. The summed E-state index contributed by atoms with van der Waals surface area (Å²) < 4.78 is 59.5. The summed E-state index contributed by atoms with van der Waals surface area (Å²) in [6, 6.07) is 4.01. The quantitative estimate of drug-likeness (QED) is 0.579. The number of thioether (sulfide) groups is 1. The number of pyridine rings is 1. The molecule has 1 N–H and O–H groups in total. The van der Waals surface area contributed by atoms with Crippen molar-refractivity contribution < 1.29 is 27.5 Å². The molecule has 1 unspecified atom stereocenters. The Morgan fingerprint density at radius 2 is 1.73 bits per heavy atom. The van der Waals surface area contributed by atoms with Gasteiger partial charge in [0.25, 0.3) is 0 Å². The minimum atomic E-state index is -1.54. The van der Waals surface area contributed by atoms with Crippen LogP contribution in [0.3, 0.4) is 0 Å². The standard InChI is InChI=1S/C22H17F4N3O3S/c1-27-4-6-28(7-5-27)18-14(25)9-11-17(16(18)26)29-20(10-2-3-12(23)13(24)8-10)33-21(29)15(19(11)30)22(31)32/h2-3,8-9,20H,4-7H2,1H3,(H,31,32). The highest BCUT2D eigenvalue weighted by molar-refractivity contribution is 8.00. The zero-order valence-electron chi connectivity index (χ0n) is 17.2. The van der Waals surface area contributed by atoms with Crippen molar-refractivity contribution in [3.05, 3.63) is 68.9 Å². The summed E-state index contributed by atoms with van der Waals surface area (Å²) in [7, 11) is 1.89. The highest BCUT2D eigenvalue weighted by Gasteiger charge is 2.39. The van der Waals surface area contributed by atoms with Crippen LogP contribution in [0.15, 0.2) is 34.1 Å². The second-order valence-electron chi connectivity index (χ2n) is 8.04. The molecule has 2 aliphatic rings. The topological polar surface area (TPSA) is 65.8 Å². The lowest BCUT2D eigenvalue weighted by molar-refractivity contribution is 0.0689. The first-order chi connectivity index (χ1) is 15.7. The third-order valence-corrected chi connectivity index (χ3v) is 7.36. The number of halogens is 4. The summed E-state index contributed by atoms with van der Waals surface area (Å²) >= 11 is 0.918. The molecule has 0 aliphatic carbocycles. The van der Waals surface area contributed by atoms with Crippen LogP contribution in [0.25, 0.3) is 10.9 Å². The normalized spacial score (nSPS) is 18.3. The average Bonchev–Trinajstić information content (AvgIpc) is 2.74. The lowest BCUT2D eigenvalue weighted by atomic mass is 10.1. The molecule has 1 saturated heterocycles. The van der Waals surface area contributed by atoms with Crippen molar-refractivity contribution in [1.82, 2.24) is 9.47 Å². The monoisotopic (exact) mass is 479 g/mol. The van der Waals surface area contributed by atoms with E-state index in [1.54, 1.807) is 4.90 Å². The third-order valence-electron chi connectivity index (χ3n) is 6.03. The Balaban J connectivity index is 1.78. The maximum atomic E-state index is 15.9. The zero-order chi connectivity index (χ0) is 23.6. The molecule has 6 nitrogen and oxygen atoms in total. The fourth-order valence-electron chi connectivity index (χ4n) is 4.30. The van der Waals surface area contributed by atoms with E-state index in [9.17, 15) is 23.5 Å². The number of aromatic nitrogens is 1. The summed E-state index contributed by atoms with van der Waals surface area (Å²) in [6.07, 6.45) is 0. The van der Waals surface area contributed by atoms with Crippen molar-refractivity contribution in [1.29, 1.82) is 0 Å². The Morgan fingerprint density at radius 1 is 1.03 bits per heavy atom. The molecule has 0 saturated carbocycles. The second-order valence-corrected chi connectivity index (χ2v) is 9.10. The van der Waals surface area contributed by atoms with Crippen LogP contribution in [0, 0.1) is 23.3 Å². The Kier molecular flexibility index (Phi) is 5.13. The predicted molar refractivity (Wildman–Crippen MR) is 115 cm³/mol. The van der Waals surface area contributed by atoms with Gasteiger partial charge in [0.15, 0.2) is 17.5 Å². The van der Waals surface area contributed by atoms with Crippen LogP contribution in [0.5, 0.6) is 0 Å². The van der Waals surface area contributed by atoms with Crippen LogP contribution in [0.1, 0.15) is 21.3 Å². The molecule has 0 spiro atoms. The van der Waals surface area contributed by atoms with Crippen LogP contribution >= 0.6 is 11.8 Å². The lowest BCUT2D eigenvalue weighted by Gasteiger charge is -2.37. The SMILES string of the molecule is CN1CCN(c2c(F)cc3c(=O)c(C(=O)O)c4n(c3c2F)C(c2ccc(F)c(F)c2)S4)CC1. The van der Waals surface area contributed by atoms with E-state index in [4.69, 9.17) is 0 Å². The van der Waals surface area contributed by atoms with Crippen molar-refractivity contribution in [2.75, 3.05) is 38.1 Å². The summed E-state index contributed by atoms with van der Waals surface area (Å²) in [5.41, 5.74) is -1.92. The number of nitrogens with zero attached hydrogens (tertiary/aromatic N) is 3. The van der Waals surface area contributed by atoms with E-state index in [0.717, 1.165) is 30.0 Å². The number of aromatic carboxylic acids is 1. The Hall–Kier alpha value is -3.05. The number of benzene rings is 2. The molecule has 1 fully saturated rings. The molecule has 1 atom stereocenters. The predicted octanol–water partition coefficient (Wildman–Crippen LogP) is 3.66. The van der Waals surface area contributed by atoms with Gasteiger partial charge in [0.2, 0.25) is 5.43 Å². The van der Waals surface area contributed by atoms with E-state index in [1.807, 2.05) is 11.9 Å². The molecule has 172 valence electrons. The first-order valence-electron chi connectivity index (χ1n) is 10.1. The summed E-state index contributed by atoms with van der Waals surface area (Å²) in [5, 5.41) is 8.32. The van der Waals surface area contributed by atoms with Gasteiger partial charge in [-0.15, -0.1) is 0 Å². The number of fused-ring (bicyclic) bond motifs is 3. The van der Waals surface area contributed by atoms with Crippen molar-refractivity contribution >= 4 is 34.3 Å². The van der Waals surface area contributed by atoms with E-state index in [2.05, 4.69) is 0 Å². The number of piperazine rings is 1. The number of likely N-dealkylation sites (N-methyl/N-ethyl adjacent to an activating group) is 1. The van der Waals surface area contributed by atoms with Gasteiger partial charge in [-0.3, -0.25) is 4.79 Å². The number of hydrogen-bond donors (Lipinski definition) is 1. The van der Waals surface area contributed by atoms with Gasteiger partial charge in [-0.25, -0.2) is 22.4 Å². The minimum absolute atomic E-state index is 0.0235. The molecule has 3 heterocycles. The smallest absolute Gasteiger partial charge is 0.342 e. The van der Waals surface area contributed by atoms with Crippen LogP contribution in [0.4, 0.5) is 23.2 Å². The number of hydrogen-bond acceptors (Lipinski definition) is 5. The van der Waals surface area contributed by atoms with Gasteiger partial charge in [0.05, 0.1) is 15.9 Å². The molecule has 2 aromatic carbocycles. The van der Waals surface area contributed by atoms with Crippen molar-refractivity contribution in [2.45, 2.75) is 10.4 Å². The van der Waals surface area contributed by atoms with E-state index in [-0.39, 0.29) is 21.8 Å². The average molecular weight is 479 g/mol. The van der Waals surface area contributed by atoms with Gasteiger partial charge in [-0.05, 0) is 30.8 Å². The number of anilines is 1. The first kappa shape index (κ1) is 21.8. The third kappa shape index (κ3) is 3.29. The van der Waals surface area contributed by atoms with E-state index < -0.39 is 51.0 Å².